The highest BCUT2D eigenvalue weighted by Gasteiger charge is 2.42. The molecule has 1 aromatic heterocycles. The van der Waals surface area contributed by atoms with Crippen molar-refractivity contribution in [3.05, 3.63) is 76.1 Å². The van der Waals surface area contributed by atoms with E-state index in [0.717, 1.165) is 29.4 Å². The third-order valence-corrected chi connectivity index (χ3v) is 4.90. The zero-order chi connectivity index (χ0) is 17.4. The lowest BCUT2D eigenvalue weighted by Gasteiger charge is -2.07. The Morgan fingerprint density at radius 2 is 1.96 bits per heavy atom. The van der Waals surface area contributed by atoms with Crippen LogP contribution in [0.3, 0.4) is 0 Å². The largest absolute Gasteiger partial charge is 0.326 e. The first-order chi connectivity index (χ1) is 12.1. The van der Waals surface area contributed by atoms with Gasteiger partial charge in [0, 0.05) is 28.1 Å². The summed E-state index contributed by atoms with van der Waals surface area (Å²) in [5, 5.41) is 3.94. The normalized spacial score (nSPS) is 18.9. The number of hydrogen-bond donors (Lipinski definition) is 2. The number of benzene rings is 2. The first-order valence-corrected chi connectivity index (χ1v) is 8.58. The maximum atomic E-state index is 12.5. The monoisotopic (exact) mass is 332 g/mol. The second-order valence-corrected chi connectivity index (χ2v) is 6.86. The molecule has 1 aliphatic carbocycles. The standard InChI is InChI=1S/C21H20N2O2/c1-13-9-16-11-17(7-8-19(16)23-20(13)24)22-21(25)18-12-15(18)10-14-5-3-2-4-6-14/h2-9,11,15,18H,10,12H2,1H3,(H,22,25)(H,23,24). The van der Waals surface area contributed by atoms with Crippen molar-refractivity contribution in [3.63, 3.8) is 0 Å². The zero-order valence-electron chi connectivity index (χ0n) is 14.1. The van der Waals surface area contributed by atoms with Crippen LogP contribution >= 0.6 is 0 Å². The molecule has 0 aliphatic heterocycles. The Bertz CT molecular complexity index is 992. The summed E-state index contributed by atoms with van der Waals surface area (Å²) in [6.45, 7) is 1.78. The van der Waals surface area contributed by atoms with Crippen molar-refractivity contribution >= 4 is 22.5 Å². The minimum Gasteiger partial charge on any atom is -0.326 e. The van der Waals surface area contributed by atoms with E-state index in [1.807, 2.05) is 42.5 Å². The quantitative estimate of drug-likeness (QED) is 0.766. The van der Waals surface area contributed by atoms with Crippen LogP contribution in [0, 0.1) is 18.8 Å². The second-order valence-electron chi connectivity index (χ2n) is 6.86. The Labute approximate surface area is 145 Å². The Kier molecular flexibility index (Phi) is 3.88. The molecule has 0 spiro atoms. The third-order valence-electron chi connectivity index (χ3n) is 4.90. The molecule has 2 N–H and O–H groups in total. The average molecular weight is 332 g/mol. The first kappa shape index (κ1) is 15.6. The van der Waals surface area contributed by atoms with E-state index >= 15 is 0 Å². The molecule has 2 atom stereocenters. The molecule has 0 radical (unpaired) electrons. The Morgan fingerprint density at radius 1 is 1.16 bits per heavy atom. The Hall–Kier alpha value is -2.88. The highest BCUT2D eigenvalue weighted by molar-refractivity contribution is 5.96. The topological polar surface area (TPSA) is 62.0 Å². The first-order valence-electron chi connectivity index (χ1n) is 8.58. The molecule has 1 aliphatic rings. The van der Waals surface area contributed by atoms with Crippen LogP contribution in [0.1, 0.15) is 17.5 Å². The maximum Gasteiger partial charge on any atom is 0.251 e. The summed E-state index contributed by atoms with van der Waals surface area (Å²) in [7, 11) is 0. The maximum absolute atomic E-state index is 12.5. The van der Waals surface area contributed by atoms with Gasteiger partial charge < -0.3 is 10.3 Å². The lowest BCUT2D eigenvalue weighted by atomic mass is 10.1. The van der Waals surface area contributed by atoms with E-state index in [4.69, 9.17) is 0 Å². The van der Waals surface area contributed by atoms with Crippen molar-refractivity contribution in [3.8, 4) is 0 Å². The molecule has 1 saturated carbocycles. The number of aromatic nitrogens is 1. The summed E-state index contributed by atoms with van der Waals surface area (Å²) in [6, 6.07) is 17.7. The van der Waals surface area contributed by atoms with E-state index < -0.39 is 0 Å². The van der Waals surface area contributed by atoms with E-state index in [2.05, 4.69) is 22.4 Å². The number of fused-ring (bicyclic) bond motifs is 1. The van der Waals surface area contributed by atoms with E-state index in [9.17, 15) is 9.59 Å². The van der Waals surface area contributed by atoms with Crippen LogP contribution in [0.25, 0.3) is 10.9 Å². The highest BCUT2D eigenvalue weighted by Crippen LogP contribution is 2.41. The molecule has 1 heterocycles. The molecule has 4 nitrogen and oxygen atoms in total. The van der Waals surface area contributed by atoms with Crippen LogP contribution in [-0.4, -0.2) is 10.9 Å². The number of pyridine rings is 1. The van der Waals surface area contributed by atoms with Gasteiger partial charge in [-0.2, -0.15) is 0 Å². The number of aryl methyl sites for hydroxylation is 1. The third kappa shape index (κ3) is 3.33. The van der Waals surface area contributed by atoms with Gasteiger partial charge >= 0.3 is 0 Å². The van der Waals surface area contributed by atoms with Crippen LogP contribution in [0.4, 0.5) is 5.69 Å². The van der Waals surface area contributed by atoms with Gasteiger partial charge in [0.1, 0.15) is 0 Å². The molecule has 3 aromatic rings. The van der Waals surface area contributed by atoms with Crippen LogP contribution < -0.4 is 10.9 Å². The lowest BCUT2D eigenvalue weighted by Crippen LogP contribution is -2.15. The number of amides is 1. The fourth-order valence-corrected chi connectivity index (χ4v) is 3.34. The van der Waals surface area contributed by atoms with E-state index in [0.29, 0.717) is 11.5 Å². The molecular weight excluding hydrogens is 312 g/mol. The van der Waals surface area contributed by atoms with Crippen LogP contribution in [0.15, 0.2) is 59.4 Å². The fraction of sp³-hybridized carbons (Fsp3) is 0.238. The summed E-state index contributed by atoms with van der Waals surface area (Å²) in [4.78, 5) is 27.0. The van der Waals surface area contributed by atoms with Gasteiger partial charge in [0.2, 0.25) is 5.91 Å². The molecule has 1 fully saturated rings. The fourth-order valence-electron chi connectivity index (χ4n) is 3.34. The zero-order valence-corrected chi connectivity index (χ0v) is 14.1. The number of hydrogen-bond acceptors (Lipinski definition) is 2. The number of aromatic amines is 1. The van der Waals surface area contributed by atoms with Gasteiger partial charge in [-0.15, -0.1) is 0 Å². The molecule has 1 amide bonds. The molecule has 4 heteroatoms. The minimum atomic E-state index is -0.0778. The predicted octanol–water partition coefficient (Wildman–Crippen LogP) is 3.65. The summed E-state index contributed by atoms with van der Waals surface area (Å²) in [6.07, 6.45) is 1.90. The molecule has 0 bridgehead atoms. The summed E-state index contributed by atoms with van der Waals surface area (Å²) in [5.41, 5.74) is 3.43. The Morgan fingerprint density at radius 3 is 2.76 bits per heavy atom. The van der Waals surface area contributed by atoms with Gasteiger partial charge in [-0.25, -0.2) is 0 Å². The molecule has 25 heavy (non-hydrogen) atoms. The predicted molar refractivity (Wildman–Crippen MR) is 99.7 cm³/mol. The van der Waals surface area contributed by atoms with Gasteiger partial charge in [0.15, 0.2) is 0 Å². The molecule has 0 saturated heterocycles. The number of H-pyrrole nitrogens is 1. The van der Waals surface area contributed by atoms with Crippen LogP contribution in [0.5, 0.6) is 0 Å². The molecule has 2 aromatic carbocycles. The Balaban J connectivity index is 1.44. The van der Waals surface area contributed by atoms with Crippen molar-refractivity contribution in [1.82, 2.24) is 4.98 Å². The van der Waals surface area contributed by atoms with Crippen LogP contribution in [-0.2, 0) is 11.2 Å². The molecular formula is C21H20N2O2. The number of carbonyl (C=O) groups is 1. The van der Waals surface area contributed by atoms with E-state index in [1.54, 1.807) is 6.92 Å². The van der Waals surface area contributed by atoms with Crippen molar-refractivity contribution in [2.75, 3.05) is 5.32 Å². The smallest absolute Gasteiger partial charge is 0.251 e. The van der Waals surface area contributed by atoms with Gasteiger partial charge in [-0.1, -0.05) is 30.3 Å². The van der Waals surface area contributed by atoms with Crippen molar-refractivity contribution in [2.24, 2.45) is 11.8 Å². The number of anilines is 1. The van der Waals surface area contributed by atoms with E-state index in [1.165, 1.54) is 5.56 Å². The number of nitrogens with one attached hydrogen (secondary N) is 2. The van der Waals surface area contributed by atoms with Crippen molar-refractivity contribution < 1.29 is 4.79 Å². The van der Waals surface area contributed by atoms with Crippen molar-refractivity contribution in [2.45, 2.75) is 19.8 Å². The second kappa shape index (κ2) is 6.20. The number of rotatable bonds is 4. The highest BCUT2D eigenvalue weighted by atomic mass is 16.2. The summed E-state index contributed by atoms with van der Waals surface area (Å²) >= 11 is 0. The van der Waals surface area contributed by atoms with Gasteiger partial charge in [0.05, 0.1) is 0 Å². The number of carbonyl (C=O) groups excluding carboxylic acids is 1. The summed E-state index contributed by atoms with van der Waals surface area (Å²) in [5.74, 6) is 0.608. The van der Waals surface area contributed by atoms with E-state index in [-0.39, 0.29) is 17.4 Å². The molecule has 126 valence electrons. The minimum absolute atomic E-state index is 0.0778. The lowest BCUT2D eigenvalue weighted by molar-refractivity contribution is -0.117. The molecule has 2 unspecified atom stereocenters. The average Bonchev–Trinajstić information content (AvgIpc) is 3.36. The van der Waals surface area contributed by atoms with Gasteiger partial charge in [-0.05, 0) is 55.5 Å². The van der Waals surface area contributed by atoms with Crippen LogP contribution in [0.2, 0.25) is 0 Å². The SMILES string of the molecule is Cc1cc2cc(NC(=O)C3CC3Cc3ccccc3)ccc2[nH]c1=O. The van der Waals surface area contributed by atoms with Gasteiger partial charge in [0.25, 0.3) is 5.56 Å². The summed E-state index contributed by atoms with van der Waals surface area (Å²) < 4.78 is 0. The van der Waals surface area contributed by atoms with Crippen molar-refractivity contribution in [1.29, 1.82) is 0 Å². The van der Waals surface area contributed by atoms with Gasteiger partial charge in [-0.3, -0.25) is 9.59 Å². The molecule has 4 rings (SSSR count).